The molecular weight excluding hydrogens is 262 g/mol. The molecule has 3 rings (SSSR count). The highest BCUT2D eigenvalue weighted by Gasteiger charge is 2.12. The summed E-state index contributed by atoms with van der Waals surface area (Å²) in [6.07, 6.45) is 7.25. The molecule has 4 heteroatoms. The van der Waals surface area contributed by atoms with Crippen LogP contribution in [-0.4, -0.2) is 23.4 Å². The number of benzene rings is 1. The van der Waals surface area contributed by atoms with Crippen LogP contribution in [0.1, 0.15) is 36.1 Å². The van der Waals surface area contributed by atoms with Gasteiger partial charge in [-0.05, 0) is 37.1 Å². The summed E-state index contributed by atoms with van der Waals surface area (Å²) < 4.78 is 7.59. The first-order valence-electron chi connectivity index (χ1n) is 7.74. The minimum absolute atomic E-state index is 0.399. The summed E-state index contributed by atoms with van der Waals surface area (Å²) in [5.41, 5.74) is 3.97. The van der Waals surface area contributed by atoms with E-state index in [1.165, 1.54) is 16.7 Å². The Morgan fingerprint density at radius 3 is 3.14 bits per heavy atom. The molecule has 0 bridgehead atoms. The van der Waals surface area contributed by atoms with Gasteiger partial charge in [-0.15, -0.1) is 0 Å². The standard InChI is InChI=1S/C17H23N3O/c1-3-16(18-2)15-11-19-20(12-15)8-6-13-4-5-17-14(10-13)7-9-21-17/h4-5,10-12,16,18H,3,6-9H2,1-2H3. The molecular formula is C17H23N3O. The zero-order chi connectivity index (χ0) is 14.7. The van der Waals surface area contributed by atoms with Crippen molar-refractivity contribution in [2.45, 2.75) is 38.8 Å². The van der Waals surface area contributed by atoms with Crippen LogP contribution < -0.4 is 10.1 Å². The summed E-state index contributed by atoms with van der Waals surface area (Å²) in [5, 5.41) is 7.79. The molecule has 0 saturated carbocycles. The van der Waals surface area contributed by atoms with Crippen LogP contribution in [0.25, 0.3) is 0 Å². The Labute approximate surface area is 126 Å². The maximum Gasteiger partial charge on any atom is 0.122 e. The average Bonchev–Trinajstić information content (AvgIpc) is 3.15. The van der Waals surface area contributed by atoms with Gasteiger partial charge in [0.05, 0.1) is 12.8 Å². The van der Waals surface area contributed by atoms with Crippen molar-refractivity contribution in [1.29, 1.82) is 0 Å². The van der Waals surface area contributed by atoms with Crippen LogP contribution in [0.3, 0.4) is 0 Å². The Morgan fingerprint density at radius 1 is 1.43 bits per heavy atom. The van der Waals surface area contributed by atoms with E-state index >= 15 is 0 Å². The second kappa shape index (κ2) is 6.31. The van der Waals surface area contributed by atoms with Crippen LogP contribution in [0.5, 0.6) is 5.75 Å². The molecule has 21 heavy (non-hydrogen) atoms. The molecule has 2 aromatic rings. The Bertz CT molecular complexity index is 602. The first-order valence-corrected chi connectivity index (χ1v) is 7.74. The van der Waals surface area contributed by atoms with Gasteiger partial charge >= 0.3 is 0 Å². The van der Waals surface area contributed by atoms with Gasteiger partial charge < -0.3 is 10.1 Å². The van der Waals surface area contributed by atoms with Gasteiger partial charge in [-0.3, -0.25) is 4.68 Å². The maximum absolute atomic E-state index is 5.55. The lowest BCUT2D eigenvalue weighted by molar-refractivity contribution is 0.357. The van der Waals surface area contributed by atoms with Crippen molar-refractivity contribution in [1.82, 2.24) is 15.1 Å². The fraction of sp³-hybridized carbons (Fsp3) is 0.471. The van der Waals surface area contributed by atoms with Gasteiger partial charge in [0.1, 0.15) is 5.75 Å². The van der Waals surface area contributed by atoms with E-state index in [4.69, 9.17) is 4.74 Å². The van der Waals surface area contributed by atoms with Crippen LogP contribution in [0, 0.1) is 0 Å². The Hall–Kier alpha value is -1.81. The van der Waals surface area contributed by atoms with E-state index in [2.05, 4.69) is 41.7 Å². The van der Waals surface area contributed by atoms with Crippen LogP contribution in [-0.2, 0) is 19.4 Å². The van der Waals surface area contributed by atoms with Gasteiger partial charge in [0.2, 0.25) is 0 Å². The number of hydrogen-bond donors (Lipinski definition) is 1. The van der Waals surface area contributed by atoms with Gasteiger partial charge in [0, 0.05) is 30.8 Å². The van der Waals surface area contributed by atoms with Crippen LogP contribution >= 0.6 is 0 Å². The molecule has 4 nitrogen and oxygen atoms in total. The van der Waals surface area contributed by atoms with E-state index in [-0.39, 0.29) is 0 Å². The topological polar surface area (TPSA) is 39.1 Å². The molecule has 1 atom stereocenters. The molecule has 0 radical (unpaired) electrons. The number of aryl methyl sites for hydroxylation is 2. The van der Waals surface area contributed by atoms with E-state index in [0.717, 1.165) is 38.2 Å². The Kier molecular flexibility index (Phi) is 4.25. The molecule has 1 unspecified atom stereocenters. The Balaban J connectivity index is 1.62. The fourth-order valence-corrected chi connectivity index (χ4v) is 2.93. The first kappa shape index (κ1) is 14.1. The summed E-state index contributed by atoms with van der Waals surface area (Å²) in [5.74, 6) is 1.06. The molecule has 1 aliphatic heterocycles. The third-order valence-corrected chi connectivity index (χ3v) is 4.20. The van der Waals surface area contributed by atoms with E-state index in [9.17, 15) is 0 Å². The van der Waals surface area contributed by atoms with Gasteiger partial charge in [0.15, 0.2) is 0 Å². The molecule has 1 aliphatic rings. The molecule has 0 amide bonds. The molecule has 1 N–H and O–H groups in total. The third-order valence-electron chi connectivity index (χ3n) is 4.20. The third kappa shape index (κ3) is 3.10. The van der Waals surface area contributed by atoms with Gasteiger partial charge in [-0.25, -0.2) is 0 Å². The van der Waals surface area contributed by atoms with E-state index in [1.807, 2.05) is 17.9 Å². The first-order chi connectivity index (χ1) is 10.3. The summed E-state index contributed by atoms with van der Waals surface area (Å²) in [6.45, 7) is 3.93. The molecule has 1 aromatic carbocycles. The second-order valence-electron chi connectivity index (χ2n) is 5.58. The predicted octanol–water partition coefficient (Wildman–Crippen LogP) is 2.73. The van der Waals surface area contributed by atoms with Gasteiger partial charge in [-0.2, -0.15) is 5.10 Å². The van der Waals surface area contributed by atoms with Crippen LogP contribution in [0.15, 0.2) is 30.6 Å². The van der Waals surface area contributed by atoms with Gasteiger partial charge in [0.25, 0.3) is 0 Å². The smallest absolute Gasteiger partial charge is 0.122 e. The number of rotatable bonds is 6. The largest absolute Gasteiger partial charge is 0.493 e. The van der Waals surface area contributed by atoms with E-state index in [1.54, 1.807) is 0 Å². The monoisotopic (exact) mass is 285 g/mol. The summed E-state index contributed by atoms with van der Waals surface area (Å²) in [7, 11) is 2.00. The maximum atomic E-state index is 5.55. The highest BCUT2D eigenvalue weighted by molar-refractivity contribution is 5.39. The molecule has 0 spiro atoms. The van der Waals surface area contributed by atoms with Crippen molar-refractivity contribution >= 4 is 0 Å². The molecule has 0 saturated heterocycles. The number of nitrogens with one attached hydrogen (secondary N) is 1. The summed E-state index contributed by atoms with van der Waals surface area (Å²) in [4.78, 5) is 0. The van der Waals surface area contributed by atoms with Crippen molar-refractivity contribution in [3.05, 3.63) is 47.3 Å². The zero-order valence-corrected chi connectivity index (χ0v) is 12.8. The quantitative estimate of drug-likeness (QED) is 0.887. The zero-order valence-electron chi connectivity index (χ0n) is 12.8. The lowest BCUT2D eigenvalue weighted by atomic mass is 10.1. The molecule has 2 heterocycles. The summed E-state index contributed by atoms with van der Waals surface area (Å²) in [6, 6.07) is 6.93. The Morgan fingerprint density at radius 2 is 2.33 bits per heavy atom. The van der Waals surface area contributed by atoms with Gasteiger partial charge in [-0.1, -0.05) is 19.1 Å². The fourth-order valence-electron chi connectivity index (χ4n) is 2.93. The predicted molar refractivity (Wildman–Crippen MR) is 83.7 cm³/mol. The van der Waals surface area contributed by atoms with Crippen molar-refractivity contribution < 1.29 is 4.74 Å². The van der Waals surface area contributed by atoms with Crippen molar-refractivity contribution in [2.75, 3.05) is 13.7 Å². The van der Waals surface area contributed by atoms with E-state index < -0.39 is 0 Å². The minimum atomic E-state index is 0.399. The van der Waals surface area contributed by atoms with Crippen molar-refractivity contribution in [3.63, 3.8) is 0 Å². The van der Waals surface area contributed by atoms with Crippen LogP contribution in [0.4, 0.5) is 0 Å². The van der Waals surface area contributed by atoms with E-state index in [0.29, 0.717) is 6.04 Å². The molecule has 1 aromatic heterocycles. The highest BCUT2D eigenvalue weighted by atomic mass is 16.5. The van der Waals surface area contributed by atoms with Crippen molar-refractivity contribution in [2.24, 2.45) is 0 Å². The SMILES string of the molecule is CCC(NC)c1cnn(CCc2ccc3c(c2)CCO3)c1. The second-order valence-corrected chi connectivity index (χ2v) is 5.58. The lowest BCUT2D eigenvalue weighted by Gasteiger charge is -2.10. The highest BCUT2D eigenvalue weighted by Crippen LogP contribution is 2.26. The number of aromatic nitrogens is 2. The lowest BCUT2D eigenvalue weighted by Crippen LogP contribution is -2.14. The molecule has 112 valence electrons. The van der Waals surface area contributed by atoms with Crippen molar-refractivity contribution in [3.8, 4) is 5.75 Å². The minimum Gasteiger partial charge on any atom is -0.493 e. The van der Waals surface area contributed by atoms with Crippen LogP contribution in [0.2, 0.25) is 0 Å². The number of nitrogens with zero attached hydrogens (tertiary/aromatic N) is 2. The molecule has 0 fully saturated rings. The molecule has 0 aliphatic carbocycles. The normalized spacial score (nSPS) is 14.8. The number of hydrogen-bond acceptors (Lipinski definition) is 3. The summed E-state index contributed by atoms with van der Waals surface area (Å²) >= 11 is 0. The number of ether oxygens (including phenoxy) is 1. The average molecular weight is 285 g/mol. The number of fused-ring (bicyclic) bond motifs is 1.